The standard InChI is InChI=1S/C11H12F5N.C11H13FN2.C11H14N2.C10H13F3N2.C10H11FN2S.C9H11F3N2/c1-4(2)6-7(11(14,15)16)5(3)8(12)10(17)9(6)13;1-7(2)10-9(12)5-4-8-6-13-14(3)11(8)10;1-7(2)10-8(3)4-5-9-6-12-13-11(9)10;1-5(2)9-8(10(11,12)13)6(3)4-7(14)15-9;1-5(2)6-3-4-7(11)9-8(6)13-10(12)14-9;1-5(2)8-6(9(10,11)12)3-4-7(13)14-8/h4H,17H2,1-3H3;4-7H,1-3H3;4-7H,1-3H3,(H,12,13);4-5H,1-3H3,(H2,14,15);3-5H,1-2H3,(H2,12,13);3-5H,1-2H3,(H2,13,14). The van der Waals surface area contributed by atoms with Crippen LogP contribution >= 0.6 is 11.3 Å². The van der Waals surface area contributed by atoms with Gasteiger partial charge in [0.15, 0.2) is 16.8 Å². The number of nitrogens with one attached hydrogen (secondary N) is 1. The largest absolute Gasteiger partial charge is 0.418 e. The Morgan fingerprint density at radius 1 is 0.517 bits per heavy atom. The number of nitrogen functional groups attached to an aromatic ring is 4. The molecular weight excluding hydrogens is 1180 g/mol. The van der Waals surface area contributed by atoms with E-state index >= 15 is 0 Å². The van der Waals surface area contributed by atoms with Gasteiger partial charge in [-0.3, -0.25) is 9.78 Å². The molecule has 9 rings (SSSR count). The molecule has 0 amide bonds. The van der Waals surface area contributed by atoms with Crippen LogP contribution in [0.1, 0.15) is 186 Å². The highest BCUT2D eigenvalue weighted by atomic mass is 32.1. The molecule has 0 radical (unpaired) electrons. The number of fused-ring (bicyclic) bond motifs is 3. The third-order valence-corrected chi connectivity index (χ3v) is 14.4. The quantitative estimate of drug-likeness (QED) is 0.0797. The number of pyridine rings is 2. The normalized spacial score (nSPS) is 11.9. The van der Waals surface area contributed by atoms with Crippen LogP contribution in [0.15, 0.2) is 67.0 Å². The number of nitrogens with two attached hydrogens (primary N) is 4. The second kappa shape index (κ2) is 28.9. The fourth-order valence-electron chi connectivity index (χ4n) is 9.63. The van der Waals surface area contributed by atoms with Crippen molar-refractivity contribution in [3.8, 4) is 0 Å². The molecule has 0 bridgehead atoms. The minimum Gasteiger partial charge on any atom is -0.394 e. The predicted octanol–water partition coefficient (Wildman–Crippen LogP) is 18.9. The van der Waals surface area contributed by atoms with Crippen LogP contribution in [0.2, 0.25) is 0 Å². The number of nitrogens with zero attached hydrogens (tertiary/aromatic N) is 6. The maximum Gasteiger partial charge on any atom is 0.418 e. The lowest BCUT2D eigenvalue weighted by Crippen LogP contribution is -2.17. The lowest BCUT2D eigenvalue weighted by molar-refractivity contribution is -0.140. The molecule has 0 spiro atoms. The highest BCUT2D eigenvalue weighted by Gasteiger charge is 2.40. The van der Waals surface area contributed by atoms with Crippen LogP contribution in [-0.4, -0.2) is 34.9 Å². The summed E-state index contributed by atoms with van der Waals surface area (Å²) in [5.74, 6) is -3.10. The van der Waals surface area contributed by atoms with Gasteiger partial charge in [-0.15, -0.1) is 0 Å². The van der Waals surface area contributed by atoms with E-state index < -0.39 is 69.6 Å². The van der Waals surface area contributed by atoms with Gasteiger partial charge in [0.05, 0.1) is 61.7 Å². The molecule has 25 heteroatoms. The summed E-state index contributed by atoms with van der Waals surface area (Å²) in [6.07, 6.45) is -9.90. The van der Waals surface area contributed by atoms with Crippen molar-refractivity contribution < 1.29 is 57.1 Å². The van der Waals surface area contributed by atoms with Gasteiger partial charge in [-0.25, -0.2) is 32.5 Å². The van der Waals surface area contributed by atoms with E-state index in [4.69, 9.17) is 22.9 Å². The summed E-state index contributed by atoms with van der Waals surface area (Å²) < 4.78 is 170. The minimum atomic E-state index is -4.81. The van der Waals surface area contributed by atoms with Crippen molar-refractivity contribution in [3.05, 3.63) is 157 Å². The number of alkyl halides is 9. The Hall–Kier alpha value is -7.70. The van der Waals surface area contributed by atoms with Crippen molar-refractivity contribution in [1.29, 1.82) is 0 Å². The molecule has 0 aliphatic heterocycles. The molecule has 5 heterocycles. The monoisotopic (exact) mass is 1250 g/mol. The van der Waals surface area contributed by atoms with Gasteiger partial charge in [0.1, 0.15) is 29.0 Å². The number of aromatic nitrogens is 7. The third kappa shape index (κ3) is 17.5. The first-order valence-electron chi connectivity index (χ1n) is 27.4. The molecule has 0 aliphatic carbocycles. The summed E-state index contributed by atoms with van der Waals surface area (Å²) in [7, 11) is 1.84. The number of anilines is 4. The summed E-state index contributed by atoms with van der Waals surface area (Å²) in [5.41, 5.74) is 24.2. The number of aryl methyl sites for hydroxylation is 3. The highest BCUT2D eigenvalue weighted by molar-refractivity contribution is 7.22. The van der Waals surface area contributed by atoms with Crippen molar-refractivity contribution in [2.75, 3.05) is 22.9 Å². The fraction of sp³-hybridized carbons (Fsp3) is 0.403. The zero-order chi connectivity index (χ0) is 66.3. The number of halogens is 13. The van der Waals surface area contributed by atoms with E-state index in [-0.39, 0.29) is 58.0 Å². The van der Waals surface area contributed by atoms with Gasteiger partial charge >= 0.3 is 18.5 Å². The molecule has 87 heavy (non-hydrogen) atoms. The lowest BCUT2D eigenvalue weighted by atomic mass is 9.91. The van der Waals surface area contributed by atoms with Crippen LogP contribution in [0.25, 0.3) is 32.0 Å². The van der Waals surface area contributed by atoms with E-state index in [1.165, 1.54) is 72.3 Å². The molecule has 0 unspecified atom stereocenters. The van der Waals surface area contributed by atoms with Gasteiger partial charge in [0.2, 0.25) is 0 Å². The molecule has 4 aromatic carbocycles. The summed E-state index contributed by atoms with van der Waals surface area (Å²) in [4.78, 5) is 11.6. The number of rotatable bonds is 6. The van der Waals surface area contributed by atoms with Crippen LogP contribution in [0.4, 0.5) is 79.5 Å². The van der Waals surface area contributed by atoms with E-state index in [1.54, 1.807) is 50.7 Å². The Kier molecular flexibility index (Phi) is 23.8. The molecule has 0 saturated heterocycles. The smallest absolute Gasteiger partial charge is 0.394 e. The average Bonchev–Trinajstić information content (AvgIpc) is 2.15. The topological polar surface area (TPSA) is 189 Å². The Bertz CT molecular complexity index is 3800. The van der Waals surface area contributed by atoms with Crippen LogP contribution in [-0.2, 0) is 25.6 Å². The van der Waals surface area contributed by atoms with Crippen molar-refractivity contribution in [2.45, 2.75) is 158 Å². The Labute approximate surface area is 501 Å². The number of benzene rings is 4. The third-order valence-electron chi connectivity index (χ3n) is 13.5. The first kappa shape index (κ1) is 71.8. The zero-order valence-electron chi connectivity index (χ0n) is 51.1. The maximum absolute atomic E-state index is 13.6. The van der Waals surface area contributed by atoms with Crippen LogP contribution in [0.5, 0.6) is 0 Å². The summed E-state index contributed by atoms with van der Waals surface area (Å²) in [6.45, 7) is 26.4. The molecule has 11 nitrogen and oxygen atoms in total. The molecule has 9 N–H and O–H groups in total. The second-order valence-corrected chi connectivity index (χ2v) is 23.4. The minimum absolute atomic E-state index is 0.00231. The van der Waals surface area contributed by atoms with E-state index in [0.29, 0.717) is 27.2 Å². The van der Waals surface area contributed by atoms with Gasteiger partial charge in [0, 0.05) is 28.9 Å². The van der Waals surface area contributed by atoms with E-state index in [9.17, 15) is 57.1 Å². The van der Waals surface area contributed by atoms with Crippen molar-refractivity contribution >= 4 is 65.8 Å². The second-order valence-electron chi connectivity index (χ2n) is 22.3. The molecule has 474 valence electrons. The summed E-state index contributed by atoms with van der Waals surface area (Å²) in [6, 6.07) is 14.2. The Morgan fingerprint density at radius 3 is 1.57 bits per heavy atom. The Balaban J connectivity index is 0.000000224. The number of hydrogen-bond donors (Lipinski definition) is 5. The van der Waals surface area contributed by atoms with E-state index in [0.717, 1.165) is 41.1 Å². The van der Waals surface area contributed by atoms with Gasteiger partial charge in [-0.05, 0) is 120 Å². The predicted molar refractivity (Wildman–Crippen MR) is 323 cm³/mol. The van der Waals surface area contributed by atoms with Crippen molar-refractivity contribution in [3.63, 3.8) is 0 Å². The van der Waals surface area contributed by atoms with Crippen LogP contribution in [0, 0.1) is 44.0 Å². The first-order chi connectivity index (χ1) is 40.0. The van der Waals surface area contributed by atoms with Gasteiger partial charge in [0.25, 0.3) is 0 Å². The van der Waals surface area contributed by atoms with Crippen LogP contribution in [0.3, 0.4) is 0 Å². The lowest BCUT2D eigenvalue weighted by Gasteiger charge is -2.20. The first-order valence-corrected chi connectivity index (χ1v) is 28.2. The molecule has 9 aromatic rings. The molecule has 0 saturated carbocycles. The number of H-pyrrole nitrogens is 1. The molecule has 0 aliphatic rings. The summed E-state index contributed by atoms with van der Waals surface area (Å²) >= 11 is 1.20. The number of thiazole rings is 1. The van der Waals surface area contributed by atoms with Crippen LogP contribution < -0.4 is 22.9 Å². The number of hydrogen-bond acceptors (Lipinski definition) is 10. The molecule has 0 atom stereocenters. The van der Waals surface area contributed by atoms with Crippen molar-refractivity contribution in [1.82, 2.24) is 34.9 Å². The SMILES string of the molecule is CC(C)c1c(F)ccc2cnn(C)c12.CC(C)c1ccc(F)c2sc(N)nc12.CC(C)c1nc(N)ccc1C(F)(F)F.Cc1c(F)c(N)c(F)c(C(C)C)c1C(F)(F)F.Cc1cc(N)nc(C(C)C)c1C(F)(F)F.Cc1ccc2cn[nH]c2c1C(C)C. The molecular formula is C62H74F13N11S. The maximum atomic E-state index is 13.6. The highest BCUT2D eigenvalue weighted by Crippen LogP contribution is 2.43. The number of aromatic amines is 1. The fourth-order valence-corrected chi connectivity index (χ4v) is 10.4. The van der Waals surface area contributed by atoms with E-state index in [2.05, 4.69) is 77.0 Å². The van der Waals surface area contributed by atoms with Gasteiger partial charge in [-0.2, -0.15) is 49.7 Å². The molecule has 0 fully saturated rings. The summed E-state index contributed by atoms with van der Waals surface area (Å²) in [5, 5.41) is 13.9. The van der Waals surface area contributed by atoms with Gasteiger partial charge in [-0.1, -0.05) is 113 Å². The van der Waals surface area contributed by atoms with Gasteiger partial charge < -0.3 is 22.9 Å². The average molecular weight is 1250 g/mol. The Morgan fingerprint density at radius 2 is 1.06 bits per heavy atom. The van der Waals surface area contributed by atoms with E-state index in [1.807, 2.05) is 27.1 Å². The molecule has 5 aromatic heterocycles. The zero-order valence-corrected chi connectivity index (χ0v) is 51.9. The van der Waals surface area contributed by atoms with Crippen molar-refractivity contribution in [2.24, 2.45) is 7.05 Å².